The Labute approximate surface area is 95.7 Å². The predicted octanol–water partition coefficient (Wildman–Crippen LogP) is 0.249. The van der Waals surface area contributed by atoms with E-state index in [1.54, 1.807) is 6.07 Å². The minimum atomic E-state index is -0.160. The number of hydrogen-bond acceptors (Lipinski definition) is 4. The number of rotatable bonds is 8. The summed E-state index contributed by atoms with van der Waals surface area (Å²) in [4.78, 5) is 10.8. The van der Waals surface area contributed by atoms with Crippen LogP contribution >= 0.6 is 0 Å². The second-order valence-corrected chi connectivity index (χ2v) is 3.69. The van der Waals surface area contributed by atoms with E-state index in [2.05, 4.69) is 27.8 Å². The van der Waals surface area contributed by atoms with Crippen LogP contribution in [-0.2, 0) is 6.54 Å². The number of hydrogen-bond donors (Lipinski definition) is 3. The third-order valence-electron chi connectivity index (χ3n) is 2.18. The lowest BCUT2D eigenvalue weighted by Gasteiger charge is -2.04. The van der Waals surface area contributed by atoms with Crippen LogP contribution in [0.5, 0.6) is 0 Å². The van der Waals surface area contributed by atoms with E-state index in [-0.39, 0.29) is 5.56 Å². The van der Waals surface area contributed by atoms with Gasteiger partial charge in [0.05, 0.1) is 5.69 Å². The molecule has 0 saturated carbocycles. The highest BCUT2D eigenvalue weighted by molar-refractivity contribution is 4.98. The standard InChI is InChI=1S/C11H20N4O/c1-2-6-12-7-3-8-13-9-10-4-5-11(16)15-14-10/h4-5,12-13H,2-3,6-9H2,1H3,(H,15,16). The molecule has 0 aliphatic carbocycles. The number of nitrogens with one attached hydrogen (secondary N) is 3. The largest absolute Gasteiger partial charge is 0.317 e. The first kappa shape index (κ1) is 12.9. The summed E-state index contributed by atoms with van der Waals surface area (Å²) in [5, 5.41) is 12.9. The lowest BCUT2D eigenvalue weighted by Crippen LogP contribution is -2.23. The fourth-order valence-corrected chi connectivity index (χ4v) is 1.33. The Hall–Kier alpha value is -1.20. The molecule has 90 valence electrons. The topological polar surface area (TPSA) is 69.8 Å². The Balaban J connectivity index is 2.03. The van der Waals surface area contributed by atoms with E-state index < -0.39 is 0 Å². The summed E-state index contributed by atoms with van der Waals surface area (Å²) in [6, 6.07) is 3.23. The molecule has 1 aromatic rings. The zero-order valence-electron chi connectivity index (χ0n) is 9.75. The van der Waals surface area contributed by atoms with Crippen molar-refractivity contribution in [3.63, 3.8) is 0 Å². The summed E-state index contributed by atoms with van der Waals surface area (Å²) in [6.45, 7) is 5.94. The normalized spacial score (nSPS) is 10.6. The molecule has 0 aliphatic rings. The van der Waals surface area contributed by atoms with Crippen molar-refractivity contribution in [2.75, 3.05) is 19.6 Å². The van der Waals surface area contributed by atoms with Gasteiger partial charge in [0, 0.05) is 12.6 Å². The van der Waals surface area contributed by atoms with E-state index in [4.69, 9.17) is 0 Å². The highest BCUT2D eigenvalue weighted by atomic mass is 16.1. The summed E-state index contributed by atoms with van der Waals surface area (Å²) >= 11 is 0. The van der Waals surface area contributed by atoms with Crippen LogP contribution in [0.3, 0.4) is 0 Å². The van der Waals surface area contributed by atoms with E-state index in [0.717, 1.165) is 31.7 Å². The van der Waals surface area contributed by atoms with Gasteiger partial charge in [-0.3, -0.25) is 4.79 Å². The SMILES string of the molecule is CCCNCCCNCc1ccc(=O)[nH]n1. The Morgan fingerprint density at radius 1 is 1.25 bits per heavy atom. The molecule has 5 nitrogen and oxygen atoms in total. The van der Waals surface area contributed by atoms with Crippen molar-refractivity contribution in [1.29, 1.82) is 0 Å². The molecule has 0 saturated heterocycles. The average molecular weight is 224 g/mol. The molecule has 1 rings (SSSR count). The molecule has 0 spiro atoms. The zero-order valence-corrected chi connectivity index (χ0v) is 9.75. The van der Waals surface area contributed by atoms with Crippen molar-refractivity contribution in [1.82, 2.24) is 20.8 Å². The quantitative estimate of drug-likeness (QED) is 0.554. The van der Waals surface area contributed by atoms with Crippen LogP contribution in [-0.4, -0.2) is 29.8 Å². The summed E-state index contributed by atoms with van der Waals surface area (Å²) in [5.41, 5.74) is 0.702. The lowest BCUT2D eigenvalue weighted by atomic mass is 10.3. The fourth-order valence-electron chi connectivity index (χ4n) is 1.33. The molecule has 0 bridgehead atoms. The third-order valence-corrected chi connectivity index (χ3v) is 2.18. The van der Waals surface area contributed by atoms with Crippen LogP contribution in [0, 0.1) is 0 Å². The van der Waals surface area contributed by atoms with E-state index >= 15 is 0 Å². The monoisotopic (exact) mass is 224 g/mol. The van der Waals surface area contributed by atoms with Gasteiger partial charge in [0.2, 0.25) is 0 Å². The molecule has 0 fully saturated rings. The van der Waals surface area contributed by atoms with Crippen molar-refractivity contribution in [2.24, 2.45) is 0 Å². The molecule has 0 atom stereocenters. The van der Waals surface area contributed by atoms with Crippen LogP contribution in [0.25, 0.3) is 0 Å². The zero-order chi connectivity index (χ0) is 11.6. The Morgan fingerprint density at radius 3 is 2.75 bits per heavy atom. The lowest BCUT2D eigenvalue weighted by molar-refractivity contribution is 0.586. The summed E-state index contributed by atoms with van der Waals surface area (Å²) in [5.74, 6) is 0. The molecular formula is C11H20N4O. The van der Waals surface area contributed by atoms with Crippen LogP contribution in [0.2, 0.25) is 0 Å². The Kier molecular flexibility index (Phi) is 6.44. The highest BCUT2D eigenvalue weighted by Crippen LogP contribution is 1.87. The Bertz CT molecular complexity index is 317. The van der Waals surface area contributed by atoms with Gasteiger partial charge in [-0.15, -0.1) is 0 Å². The number of aromatic nitrogens is 2. The third kappa shape index (κ3) is 5.63. The molecule has 0 radical (unpaired) electrons. The molecule has 3 N–H and O–H groups in total. The summed E-state index contributed by atoms with van der Waals surface area (Å²) in [7, 11) is 0. The molecule has 0 aliphatic heterocycles. The number of aromatic amines is 1. The molecule has 1 aromatic heterocycles. The van der Waals surface area contributed by atoms with Crippen LogP contribution in [0.4, 0.5) is 0 Å². The van der Waals surface area contributed by atoms with Crippen LogP contribution < -0.4 is 16.2 Å². The Morgan fingerprint density at radius 2 is 2.06 bits per heavy atom. The van der Waals surface area contributed by atoms with Gasteiger partial charge in [-0.2, -0.15) is 5.10 Å². The molecule has 5 heteroatoms. The molecular weight excluding hydrogens is 204 g/mol. The fraction of sp³-hybridized carbons (Fsp3) is 0.636. The number of nitrogens with zero attached hydrogens (tertiary/aromatic N) is 1. The maximum atomic E-state index is 10.8. The first-order chi connectivity index (χ1) is 7.83. The number of H-pyrrole nitrogens is 1. The van der Waals surface area contributed by atoms with Crippen molar-refractivity contribution in [3.8, 4) is 0 Å². The van der Waals surface area contributed by atoms with Crippen LogP contribution in [0.15, 0.2) is 16.9 Å². The smallest absolute Gasteiger partial charge is 0.264 e. The van der Waals surface area contributed by atoms with E-state index in [0.29, 0.717) is 6.54 Å². The molecule has 0 unspecified atom stereocenters. The first-order valence-electron chi connectivity index (χ1n) is 5.79. The van der Waals surface area contributed by atoms with Gasteiger partial charge in [-0.25, -0.2) is 5.10 Å². The van der Waals surface area contributed by atoms with E-state index in [1.165, 1.54) is 12.5 Å². The van der Waals surface area contributed by atoms with Crippen molar-refractivity contribution in [3.05, 3.63) is 28.2 Å². The maximum absolute atomic E-state index is 10.8. The van der Waals surface area contributed by atoms with Gasteiger partial charge in [0.15, 0.2) is 0 Å². The van der Waals surface area contributed by atoms with Crippen molar-refractivity contribution >= 4 is 0 Å². The highest BCUT2D eigenvalue weighted by Gasteiger charge is 1.93. The van der Waals surface area contributed by atoms with Crippen molar-refractivity contribution < 1.29 is 0 Å². The predicted molar refractivity (Wildman–Crippen MR) is 64.3 cm³/mol. The van der Waals surface area contributed by atoms with E-state index in [9.17, 15) is 4.79 Å². The first-order valence-corrected chi connectivity index (χ1v) is 5.79. The van der Waals surface area contributed by atoms with Gasteiger partial charge >= 0.3 is 0 Å². The molecule has 0 amide bonds. The van der Waals surface area contributed by atoms with Gasteiger partial charge in [-0.05, 0) is 38.5 Å². The average Bonchev–Trinajstić information content (AvgIpc) is 2.30. The van der Waals surface area contributed by atoms with Crippen molar-refractivity contribution in [2.45, 2.75) is 26.3 Å². The van der Waals surface area contributed by atoms with Gasteiger partial charge in [0.25, 0.3) is 5.56 Å². The second-order valence-electron chi connectivity index (χ2n) is 3.69. The molecule has 0 aromatic carbocycles. The van der Waals surface area contributed by atoms with Crippen LogP contribution in [0.1, 0.15) is 25.5 Å². The second kappa shape index (κ2) is 8.01. The van der Waals surface area contributed by atoms with Gasteiger partial charge in [-0.1, -0.05) is 6.92 Å². The molecule has 16 heavy (non-hydrogen) atoms. The van der Waals surface area contributed by atoms with Gasteiger partial charge in [0.1, 0.15) is 0 Å². The minimum Gasteiger partial charge on any atom is -0.317 e. The van der Waals surface area contributed by atoms with E-state index in [1.807, 2.05) is 0 Å². The molecule has 1 heterocycles. The summed E-state index contributed by atoms with van der Waals surface area (Å²) in [6.07, 6.45) is 2.28. The summed E-state index contributed by atoms with van der Waals surface area (Å²) < 4.78 is 0. The minimum absolute atomic E-state index is 0.160. The maximum Gasteiger partial charge on any atom is 0.264 e. The van der Waals surface area contributed by atoms with Gasteiger partial charge < -0.3 is 10.6 Å².